The molecule has 0 bridgehead atoms. The van der Waals surface area contributed by atoms with Crippen molar-refractivity contribution in [2.45, 2.75) is 32.7 Å². The highest BCUT2D eigenvalue weighted by Gasteiger charge is 2.36. The summed E-state index contributed by atoms with van der Waals surface area (Å²) in [6, 6.07) is 8.83. The molecule has 0 unspecified atom stereocenters. The number of benzene rings is 1. The van der Waals surface area contributed by atoms with E-state index in [9.17, 15) is 9.59 Å². The molecule has 2 amide bonds. The van der Waals surface area contributed by atoms with Gasteiger partial charge in [0.25, 0.3) is 0 Å². The van der Waals surface area contributed by atoms with E-state index in [1.807, 2.05) is 0 Å². The van der Waals surface area contributed by atoms with Crippen LogP contribution in [0.15, 0.2) is 52.3 Å². The molecule has 0 radical (unpaired) electrons. The summed E-state index contributed by atoms with van der Waals surface area (Å²) in [5.74, 6) is 0.0348. The van der Waals surface area contributed by atoms with Crippen LogP contribution in [0.1, 0.15) is 36.3 Å². The number of ether oxygens (including phenoxy) is 1. The lowest BCUT2D eigenvalue weighted by molar-refractivity contribution is -0.139. The monoisotopic (exact) mass is 395 g/mol. The van der Waals surface area contributed by atoms with Crippen LogP contribution >= 0.6 is 0 Å². The maximum absolute atomic E-state index is 12.8. The number of furan rings is 1. The summed E-state index contributed by atoms with van der Waals surface area (Å²) in [6.07, 6.45) is 3.57. The van der Waals surface area contributed by atoms with Crippen LogP contribution in [0.4, 0.5) is 10.5 Å². The Labute approximate surface area is 169 Å². The molecule has 1 aromatic heterocycles. The normalized spacial score (nSPS) is 18.8. The molecule has 1 aromatic carbocycles. The number of urea groups is 1. The van der Waals surface area contributed by atoms with E-state index in [0.29, 0.717) is 23.6 Å². The zero-order chi connectivity index (χ0) is 20.4. The van der Waals surface area contributed by atoms with Gasteiger partial charge in [-0.05, 0) is 50.5 Å². The number of esters is 1. The Morgan fingerprint density at radius 2 is 2.21 bits per heavy atom. The fraction of sp³-hybridized carbons (Fsp3) is 0.364. The Morgan fingerprint density at radius 1 is 1.34 bits per heavy atom. The highest BCUT2D eigenvalue weighted by molar-refractivity contribution is 5.95. The van der Waals surface area contributed by atoms with Crippen LogP contribution < -0.4 is 15.5 Å². The molecule has 2 aromatic rings. The Bertz CT molecular complexity index is 949. The minimum atomic E-state index is -0.685. The summed E-state index contributed by atoms with van der Waals surface area (Å²) < 4.78 is 10.8. The number of anilines is 1. The molecule has 1 atom stereocenters. The number of carbonyl (C=O) groups is 2. The molecule has 4 rings (SSSR count). The van der Waals surface area contributed by atoms with Crippen LogP contribution in [0.5, 0.6) is 0 Å². The lowest BCUT2D eigenvalue weighted by atomic mass is 9.97. The van der Waals surface area contributed by atoms with Crippen LogP contribution in [-0.2, 0) is 16.0 Å². The van der Waals surface area contributed by atoms with E-state index < -0.39 is 12.0 Å². The van der Waals surface area contributed by atoms with E-state index in [0.717, 1.165) is 25.1 Å². The van der Waals surface area contributed by atoms with E-state index in [-0.39, 0.29) is 12.6 Å². The fourth-order valence-corrected chi connectivity index (χ4v) is 4.02. The molecule has 0 saturated carbocycles. The minimum Gasteiger partial charge on any atom is -0.467 e. The number of amides is 2. The molecule has 3 heterocycles. The zero-order valence-electron chi connectivity index (χ0n) is 16.7. The third-order valence-electron chi connectivity index (χ3n) is 5.28. The van der Waals surface area contributed by atoms with Crippen LogP contribution in [0.25, 0.3) is 0 Å². The van der Waals surface area contributed by atoms with Gasteiger partial charge < -0.3 is 24.7 Å². The number of aryl methyl sites for hydroxylation is 2. The second-order valence-corrected chi connectivity index (χ2v) is 7.32. The highest BCUT2D eigenvalue weighted by Crippen LogP contribution is 2.32. The third kappa shape index (κ3) is 3.85. The number of fused-ring (bicyclic) bond motifs is 1. The molecule has 29 heavy (non-hydrogen) atoms. The first-order valence-electron chi connectivity index (χ1n) is 9.92. The van der Waals surface area contributed by atoms with Crippen LogP contribution in [-0.4, -0.2) is 31.7 Å². The van der Waals surface area contributed by atoms with E-state index in [1.165, 1.54) is 17.4 Å². The number of nitrogens with one attached hydrogen (secondary N) is 2. The van der Waals surface area contributed by atoms with Crippen molar-refractivity contribution in [3.8, 4) is 0 Å². The number of hydrogen-bond donors (Lipinski definition) is 2. The molecule has 0 aliphatic carbocycles. The first-order valence-corrected chi connectivity index (χ1v) is 9.92. The molecule has 152 valence electrons. The molecule has 7 heteroatoms. The Morgan fingerprint density at radius 3 is 2.97 bits per heavy atom. The molecule has 2 aliphatic heterocycles. The van der Waals surface area contributed by atoms with Gasteiger partial charge in [0.15, 0.2) is 0 Å². The van der Waals surface area contributed by atoms with Crippen molar-refractivity contribution in [1.29, 1.82) is 0 Å². The van der Waals surface area contributed by atoms with Gasteiger partial charge in [0.1, 0.15) is 11.8 Å². The SMILES string of the molecule is CCOC(=O)C1=C(CN2CCCc3cc(C)ccc32)NC(=O)N[C@@H]1c1ccco1. The van der Waals surface area contributed by atoms with Gasteiger partial charge in [0, 0.05) is 12.2 Å². The van der Waals surface area contributed by atoms with Gasteiger partial charge in [-0.3, -0.25) is 0 Å². The van der Waals surface area contributed by atoms with E-state index in [1.54, 1.807) is 19.1 Å². The maximum atomic E-state index is 12.8. The van der Waals surface area contributed by atoms with E-state index in [4.69, 9.17) is 9.15 Å². The lowest BCUT2D eigenvalue weighted by Crippen LogP contribution is -2.49. The average Bonchev–Trinajstić information content (AvgIpc) is 3.22. The van der Waals surface area contributed by atoms with Gasteiger partial charge in [-0.25, -0.2) is 9.59 Å². The smallest absolute Gasteiger partial charge is 0.338 e. The largest absolute Gasteiger partial charge is 0.467 e. The molecular weight excluding hydrogens is 370 g/mol. The minimum absolute atomic E-state index is 0.250. The van der Waals surface area contributed by atoms with Gasteiger partial charge in [-0.2, -0.15) is 0 Å². The van der Waals surface area contributed by atoms with Crippen molar-refractivity contribution in [3.05, 3.63) is 64.8 Å². The molecule has 0 spiro atoms. The molecular formula is C22H25N3O4. The van der Waals surface area contributed by atoms with Gasteiger partial charge in [0.05, 0.1) is 30.7 Å². The first-order chi connectivity index (χ1) is 14.1. The topological polar surface area (TPSA) is 83.8 Å². The quantitative estimate of drug-likeness (QED) is 0.760. The molecule has 0 saturated heterocycles. The van der Waals surface area contributed by atoms with Crippen molar-refractivity contribution < 1.29 is 18.7 Å². The summed E-state index contributed by atoms with van der Waals surface area (Å²) in [7, 11) is 0. The van der Waals surface area contributed by atoms with Crippen LogP contribution in [0, 0.1) is 6.92 Å². The van der Waals surface area contributed by atoms with Gasteiger partial charge in [-0.1, -0.05) is 17.7 Å². The summed E-state index contributed by atoms with van der Waals surface area (Å²) in [6.45, 7) is 5.36. The van der Waals surface area contributed by atoms with Crippen LogP contribution in [0.2, 0.25) is 0 Å². The van der Waals surface area contributed by atoms with Crippen LogP contribution in [0.3, 0.4) is 0 Å². The molecule has 7 nitrogen and oxygen atoms in total. The number of rotatable bonds is 5. The molecule has 0 fully saturated rings. The Kier molecular flexibility index (Phi) is 5.29. The standard InChI is InChI=1S/C22H25N3O4/c1-3-28-21(26)19-16(23-22(27)24-20(19)18-7-5-11-29-18)13-25-10-4-6-15-12-14(2)8-9-17(15)25/h5,7-9,11-12,20H,3-4,6,10,13H2,1-2H3,(H2,23,24,27)/t20-/m1/s1. The summed E-state index contributed by atoms with van der Waals surface area (Å²) in [4.78, 5) is 27.4. The van der Waals surface area contributed by atoms with E-state index >= 15 is 0 Å². The molecule has 2 N–H and O–H groups in total. The number of hydrogen-bond acceptors (Lipinski definition) is 5. The van der Waals surface area contributed by atoms with Crippen molar-refractivity contribution in [2.24, 2.45) is 0 Å². The fourth-order valence-electron chi connectivity index (χ4n) is 4.02. The summed E-state index contributed by atoms with van der Waals surface area (Å²) in [5.41, 5.74) is 4.57. The second kappa shape index (κ2) is 8.03. The van der Waals surface area contributed by atoms with Crippen molar-refractivity contribution in [1.82, 2.24) is 10.6 Å². The van der Waals surface area contributed by atoms with Gasteiger partial charge in [0.2, 0.25) is 0 Å². The predicted octanol–water partition coefficient (Wildman–Crippen LogP) is 3.21. The van der Waals surface area contributed by atoms with Crippen molar-refractivity contribution in [3.63, 3.8) is 0 Å². The zero-order valence-corrected chi connectivity index (χ0v) is 16.7. The highest BCUT2D eigenvalue weighted by atomic mass is 16.5. The van der Waals surface area contributed by atoms with Crippen molar-refractivity contribution in [2.75, 3.05) is 24.6 Å². The second-order valence-electron chi connectivity index (χ2n) is 7.32. The average molecular weight is 395 g/mol. The third-order valence-corrected chi connectivity index (χ3v) is 5.28. The van der Waals surface area contributed by atoms with E-state index in [2.05, 4.69) is 40.7 Å². The number of carbonyl (C=O) groups excluding carboxylic acids is 2. The maximum Gasteiger partial charge on any atom is 0.338 e. The summed E-state index contributed by atoms with van der Waals surface area (Å²) >= 11 is 0. The Balaban J connectivity index is 1.73. The first kappa shape index (κ1) is 19.1. The lowest BCUT2D eigenvalue weighted by Gasteiger charge is -2.35. The predicted molar refractivity (Wildman–Crippen MR) is 108 cm³/mol. The Hall–Kier alpha value is -3.22. The number of nitrogens with zero attached hydrogens (tertiary/aromatic N) is 1. The van der Waals surface area contributed by atoms with Crippen molar-refractivity contribution >= 4 is 17.7 Å². The van der Waals surface area contributed by atoms with Gasteiger partial charge in [-0.15, -0.1) is 0 Å². The molecule has 2 aliphatic rings. The van der Waals surface area contributed by atoms with Gasteiger partial charge >= 0.3 is 12.0 Å². The summed E-state index contributed by atoms with van der Waals surface area (Å²) in [5, 5.41) is 5.61.